The summed E-state index contributed by atoms with van der Waals surface area (Å²) in [7, 11) is 3.09. The van der Waals surface area contributed by atoms with E-state index in [9.17, 15) is 9.59 Å². The molecule has 2 aliphatic rings. The molecule has 0 N–H and O–H groups in total. The van der Waals surface area contributed by atoms with Gasteiger partial charge < -0.3 is 23.7 Å². The predicted molar refractivity (Wildman–Crippen MR) is 153 cm³/mol. The van der Waals surface area contributed by atoms with Crippen molar-refractivity contribution in [3.63, 3.8) is 0 Å². The molecule has 0 bridgehead atoms. The average molecular weight is 571 g/mol. The van der Waals surface area contributed by atoms with E-state index in [-0.39, 0.29) is 24.5 Å². The highest BCUT2D eigenvalue weighted by molar-refractivity contribution is 7.07. The molecule has 2 aliphatic heterocycles. The van der Waals surface area contributed by atoms with E-state index in [1.54, 1.807) is 36.8 Å². The van der Waals surface area contributed by atoms with Crippen molar-refractivity contribution in [3.05, 3.63) is 109 Å². The van der Waals surface area contributed by atoms with Crippen molar-refractivity contribution in [3.8, 4) is 23.0 Å². The highest BCUT2D eigenvalue weighted by Gasteiger charge is 2.35. The molecule has 1 aromatic heterocycles. The van der Waals surface area contributed by atoms with Crippen LogP contribution >= 0.6 is 11.3 Å². The molecule has 0 spiro atoms. The van der Waals surface area contributed by atoms with E-state index in [0.717, 1.165) is 11.1 Å². The van der Waals surface area contributed by atoms with Gasteiger partial charge in [0.05, 0.1) is 42.7 Å². The molecule has 3 heterocycles. The van der Waals surface area contributed by atoms with Gasteiger partial charge in [0, 0.05) is 5.56 Å². The molecule has 208 valence electrons. The van der Waals surface area contributed by atoms with Gasteiger partial charge >= 0.3 is 5.97 Å². The molecule has 1 unspecified atom stereocenters. The van der Waals surface area contributed by atoms with Crippen LogP contribution in [0, 0.1) is 0 Å². The summed E-state index contributed by atoms with van der Waals surface area (Å²) in [5.41, 5.74) is 2.56. The second-order valence-electron chi connectivity index (χ2n) is 9.16. The third-order valence-electron chi connectivity index (χ3n) is 6.79. The van der Waals surface area contributed by atoms with Gasteiger partial charge in [-0.05, 0) is 48.4 Å². The van der Waals surface area contributed by atoms with Crippen LogP contribution in [0.5, 0.6) is 23.0 Å². The first-order chi connectivity index (χ1) is 20.0. The molecule has 0 radical (unpaired) electrons. The van der Waals surface area contributed by atoms with Gasteiger partial charge in [0.2, 0.25) is 6.79 Å². The van der Waals surface area contributed by atoms with Crippen molar-refractivity contribution in [2.75, 3.05) is 27.6 Å². The number of benzene rings is 3. The Morgan fingerprint density at radius 3 is 2.56 bits per heavy atom. The lowest BCUT2D eigenvalue weighted by molar-refractivity contribution is -0.138. The van der Waals surface area contributed by atoms with E-state index < -0.39 is 12.0 Å². The van der Waals surface area contributed by atoms with E-state index in [0.29, 0.717) is 43.6 Å². The number of esters is 1. The topological polar surface area (TPSA) is 97.6 Å². The third kappa shape index (κ3) is 4.76. The van der Waals surface area contributed by atoms with Crippen LogP contribution in [0.15, 0.2) is 82.1 Å². The van der Waals surface area contributed by atoms with Gasteiger partial charge in [0.1, 0.15) is 0 Å². The highest BCUT2D eigenvalue weighted by Crippen LogP contribution is 2.38. The Bertz CT molecular complexity index is 1860. The number of ether oxygens (including phenoxy) is 5. The second-order valence-corrected chi connectivity index (χ2v) is 10.2. The van der Waals surface area contributed by atoms with E-state index in [2.05, 4.69) is 0 Å². The highest BCUT2D eigenvalue weighted by atomic mass is 32.1. The van der Waals surface area contributed by atoms with E-state index in [1.807, 2.05) is 54.6 Å². The first-order valence-electron chi connectivity index (χ1n) is 12.9. The molecule has 4 aromatic rings. The zero-order chi connectivity index (χ0) is 28.5. The lowest BCUT2D eigenvalue weighted by Gasteiger charge is -2.26. The minimum absolute atomic E-state index is 0.158. The number of aromatic nitrogens is 1. The van der Waals surface area contributed by atoms with Crippen LogP contribution in [0.1, 0.15) is 29.7 Å². The van der Waals surface area contributed by atoms with Gasteiger partial charge in [-0.25, -0.2) is 9.79 Å². The van der Waals surface area contributed by atoms with Crippen LogP contribution in [0.2, 0.25) is 0 Å². The number of methoxy groups -OCH3 is 2. The molecule has 0 aliphatic carbocycles. The van der Waals surface area contributed by atoms with Crippen molar-refractivity contribution < 1.29 is 28.5 Å². The second kappa shape index (κ2) is 11.0. The summed E-state index contributed by atoms with van der Waals surface area (Å²) < 4.78 is 29.5. The standard InChI is InChI=1S/C31H26N2O7S/c1-4-38-30(35)26-27(19-8-6-5-7-9-19)32-31-33(28(26)20-11-13-21(36-2)23(16-20)37-3)29(34)25(41-31)15-18-10-12-22-24(14-18)40-17-39-22/h5-16,28H,4,17H2,1-3H3/b25-15-. The maximum atomic E-state index is 14.1. The summed E-state index contributed by atoms with van der Waals surface area (Å²) in [6.07, 6.45) is 1.79. The van der Waals surface area contributed by atoms with E-state index >= 15 is 0 Å². The van der Waals surface area contributed by atoms with Gasteiger partial charge in [-0.2, -0.15) is 0 Å². The van der Waals surface area contributed by atoms with Crippen LogP contribution < -0.4 is 33.8 Å². The Labute approximate surface area is 239 Å². The molecule has 1 atom stereocenters. The van der Waals surface area contributed by atoms with Crippen molar-refractivity contribution in [1.29, 1.82) is 0 Å². The Balaban J connectivity index is 1.63. The lowest BCUT2D eigenvalue weighted by Crippen LogP contribution is -2.40. The van der Waals surface area contributed by atoms with Crippen LogP contribution in [-0.4, -0.2) is 38.2 Å². The molecule has 9 nitrogen and oxygen atoms in total. The minimum Gasteiger partial charge on any atom is -0.493 e. The van der Waals surface area contributed by atoms with Gasteiger partial charge in [-0.3, -0.25) is 9.36 Å². The Hall–Kier alpha value is -4.83. The normalized spacial score (nSPS) is 15.8. The van der Waals surface area contributed by atoms with E-state index in [4.69, 9.17) is 28.7 Å². The number of carbonyl (C=O) groups excluding carboxylic acids is 1. The molecular formula is C31H26N2O7S. The maximum Gasteiger partial charge on any atom is 0.338 e. The van der Waals surface area contributed by atoms with Crippen LogP contribution in [-0.2, 0) is 9.53 Å². The molecule has 6 rings (SSSR count). The fraction of sp³-hybridized carbons (Fsp3) is 0.194. The largest absolute Gasteiger partial charge is 0.493 e. The van der Waals surface area contributed by atoms with Gasteiger partial charge in [-0.15, -0.1) is 0 Å². The van der Waals surface area contributed by atoms with Crippen LogP contribution in [0.3, 0.4) is 0 Å². The Morgan fingerprint density at radius 1 is 1.02 bits per heavy atom. The fourth-order valence-corrected chi connectivity index (χ4v) is 5.93. The molecule has 3 aromatic carbocycles. The minimum atomic E-state index is -0.834. The van der Waals surface area contributed by atoms with E-state index in [1.165, 1.54) is 18.4 Å². The molecule has 41 heavy (non-hydrogen) atoms. The van der Waals surface area contributed by atoms with Crippen molar-refractivity contribution >= 4 is 29.1 Å². The molecule has 0 amide bonds. The summed E-state index contributed by atoms with van der Waals surface area (Å²) in [5.74, 6) is 1.71. The summed E-state index contributed by atoms with van der Waals surface area (Å²) in [4.78, 5) is 33.0. The summed E-state index contributed by atoms with van der Waals surface area (Å²) in [6.45, 7) is 2.06. The molecular weight excluding hydrogens is 544 g/mol. The van der Waals surface area contributed by atoms with Crippen molar-refractivity contribution in [2.45, 2.75) is 13.0 Å². The number of hydrogen-bond donors (Lipinski definition) is 0. The molecule has 0 saturated carbocycles. The Morgan fingerprint density at radius 2 is 1.80 bits per heavy atom. The summed E-state index contributed by atoms with van der Waals surface area (Å²) >= 11 is 1.25. The number of hydrogen-bond acceptors (Lipinski definition) is 9. The first kappa shape index (κ1) is 26.4. The molecule has 0 saturated heterocycles. The SMILES string of the molecule is CCOC(=O)C1=C(c2ccccc2)N=c2s/c(=C\c3ccc4c(c3)OCO4)c(=O)n2C1c1ccc(OC)c(OC)c1. The monoisotopic (exact) mass is 570 g/mol. The summed E-state index contributed by atoms with van der Waals surface area (Å²) in [6, 6.07) is 19.4. The number of carbonyl (C=O) groups is 1. The molecule has 10 heteroatoms. The maximum absolute atomic E-state index is 14.1. The number of thiazole rings is 1. The zero-order valence-electron chi connectivity index (χ0n) is 22.6. The molecule has 0 fully saturated rings. The summed E-state index contributed by atoms with van der Waals surface area (Å²) in [5, 5.41) is 0. The lowest BCUT2D eigenvalue weighted by atomic mass is 9.93. The number of nitrogens with zero attached hydrogens (tertiary/aromatic N) is 2. The van der Waals surface area contributed by atoms with Crippen molar-refractivity contribution in [1.82, 2.24) is 4.57 Å². The smallest absolute Gasteiger partial charge is 0.338 e. The van der Waals surface area contributed by atoms with Crippen LogP contribution in [0.4, 0.5) is 0 Å². The number of fused-ring (bicyclic) bond motifs is 2. The zero-order valence-corrected chi connectivity index (χ0v) is 23.4. The fourth-order valence-electron chi connectivity index (χ4n) is 4.93. The third-order valence-corrected chi connectivity index (χ3v) is 7.77. The number of rotatable bonds is 7. The average Bonchev–Trinajstić information content (AvgIpc) is 3.60. The van der Waals surface area contributed by atoms with Crippen molar-refractivity contribution in [2.24, 2.45) is 4.99 Å². The van der Waals surface area contributed by atoms with Gasteiger partial charge in [-0.1, -0.05) is 53.8 Å². The van der Waals surface area contributed by atoms with Gasteiger partial charge in [0.15, 0.2) is 27.8 Å². The predicted octanol–water partition coefficient (Wildman–Crippen LogP) is 3.68. The van der Waals surface area contributed by atoms with Gasteiger partial charge in [0.25, 0.3) is 5.56 Å². The van der Waals surface area contributed by atoms with Crippen LogP contribution in [0.25, 0.3) is 11.8 Å². The Kier molecular flexibility index (Phi) is 7.07. The first-order valence-corrected chi connectivity index (χ1v) is 13.7. The quantitative estimate of drug-likeness (QED) is 0.313.